The van der Waals surface area contributed by atoms with Crippen molar-refractivity contribution >= 4 is 42.7 Å². The summed E-state index contributed by atoms with van der Waals surface area (Å²) in [6.07, 6.45) is 0. The summed E-state index contributed by atoms with van der Waals surface area (Å²) in [6, 6.07) is 1.89. The van der Waals surface area contributed by atoms with Crippen molar-refractivity contribution in [2.75, 3.05) is 45.2 Å². The number of hydrogen-bond donors (Lipinski definition) is 1. The second-order valence-corrected chi connectivity index (χ2v) is 6.32. The summed E-state index contributed by atoms with van der Waals surface area (Å²) < 4.78 is 11.9. The van der Waals surface area contributed by atoms with E-state index in [2.05, 4.69) is 30.8 Å². The van der Waals surface area contributed by atoms with Gasteiger partial charge in [0.1, 0.15) is 17.0 Å². The van der Waals surface area contributed by atoms with Crippen LogP contribution in [-0.4, -0.2) is 54.3 Å². The van der Waals surface area contributed by atoms with E-state index in [9.17, 15) is 0 Å². The first-order valence-electron chi connectivity index (χ1n) is 6.38. The van der Waals surface area contributed by atoms with E-state index in [1.54, 1.807) is 0 Å². The van der Waals surface area contributed by atoms with Gasteiger partial charge in [-0.15, -0.1) is 0 Å². The number of rotatable bonds is 4. The van der Waals surface area contributed by atoms with Gasteiger partial charge in [0.2, 0.25) is 5.88 Å². The van der Waals surface area contributed by atoms with Crippen LogP contribution >= 0.6 is 27.3 Å². The highest BCUT2D eigenvalue weighted by molar-refractivity contribution is 9.10. The summed E-state index contributed by atoms with van der Waals surface area (Å²) in [4.78, 5) is 11.8. The van der Waals surface area contributed by atoms with E-state index in [4.69, 9.17) is 15.2 Å². The lowest BCUT2D eigenvalue weighted by Crippen LogP contribution is -2.38. The van der Waals surface area contributed by atoms with Gasteiger partial charge in [-0.3, -0.25) is 4.90 Å². The van der Waals surface area contributed by atoms with Crippen LogP contribution in [0.3, 0.4) is 0 Å². The molecule has 0 aliphatic carbocycles. The molecular weight excluding hydrogens is 344 g/mol. The smallest absolute Gasteiger partial charge is 0.229 e. The second-order valence-electron chi connectivity index (χ2n) is 4.45. The number of thiazole rings is 1. The maximum Gasteiger partial charge on any atom is 0.229 e. The van der Waals surface area contributed by atoms with E-state index in [1.165, 1.54) is 11.3 Å². The molecule has 0 unspecified atom stereocenters. The zero-order chi connectivity index (χ0) is 13.9. The van der Waals surface area contributed by atoms with Crippen LogP contribution in [0.2, 0.25) is 0 Å². The van der Waals surface area contributed by atoms with E-state index in [0.29, 0.717) is 17.6 Å². The first-order valence-corrected chi connectivity index (χ1v) is 7.99. The molecule has 6 nitrogen and oxygen atoms in total. The van der Waals surface area contributed by atoms with Crippen molar-refractivity contribution in [2.45, 2.75) is 0 Å². The Hall–Kier alpha value is -0.960. The Morgan fingerprint density at radius 3 is 3.00 bits per heavy atom. The van der Waals surface area contributed by atoms with Crippen molar-refractivity contribution in [2.24, 2.45) is 0 Å². The van der Waals surface area contributed by atoms with E-state index >= 15 is 0 Å². The molecule has 0 atom stereocenters. The highest BCUT2D eigenvalue weighted by atomic mass is 79.9. The van der Waals surface area contributed by atoms with Crippen LogP contribution in [0.4, 0.5) is 5.13 Å². The SMILES string of the molecule is Nc1nc2cc(Br)c(OCCN3CCOCC3)nc2s1. The first kappa shape index (κ1) is 14.0. The zero-order valence-corrected chi connectivity index (χ0v) is 13.2. The summed E-state index contributed by atoms with van der Waals surface area (Å²) in [5.74, 6) is 0.592. The third-order valence-electron chi connectivity index (χ3n) is 3.07. The van der Waals surface area contributed by atoms with E-state index in [1.807, 2.05) is 6.07 Å². The van der Waals surface area contributed by atoms with Crippen molar-refractivity contribution in [1.29, 1.82) is 0 Å². The normalized spacial score (nSPS) is 16.6. The third-order valence-corrected chi connectivity index (χ3v) is 4.43. The fourth-order valence-corrected chi connectivity index (χ4v) is 3.14. The summed E-state index contributed by atoms with van der Waals surface area (Å²) in [6.45, 7) is 5.00. The molecule has 3 heterocycles. The van der Waals surface area contributed by atoms with Gasteiger partial charge in [-0.1, -0.05) is 11.3 Å². The average molecular weight is 359 g/mol. The fraction of sp³-hybridized carbons (Fsp3) is 0.500. The van der Waals surface area contributed by atoms with E-state index < -0.39 is 0 Å². The van der Waals surface area contributed by atoms with Crippen LogP contribution in [0.5, 0.6) is 5.88 Å². The number of ether oxygens (including phenoxy) is 2. The monoisotopic (exact) mass is 358 g/mol. The topological polar surface area (TPSA) is 73.5 Å². The molecule has 108 valence electrons. The number of hydrogen-bond acceptors (Lipinski definition) is 7. The van der Waals surface area contributed by atoms with Crippen LogP contribution in [0.1, 0.15) is 0 Å². The maximum atomic E-state index is 5.75. The molecular formula is C12H15BrN4O2S. The number of halogens is 1. The molecule has 1 aliphatic rings. The number of morpholine rings is 1. The molecule has 1 saturated heterocycles. The lowest BCUT2D eigenvalue weighted by Gasteiger charge is -2.26. The van der Waals surface area contributed by atoms with Gasteiger partial charge in [0, 0.05) is 19.6 Å². The molecule has 1 aliphatic heterocycles. The molecule has 2 aromatic heterocycles. The molecule has 2 N–H and O–H groups in total. The van der Waals surface area contributed by atoms with Crippen LogP contribution in [0.15, 0.2) is 10.5 Å². The minimum absolute atomic E-state index is 0.518. The Labute approximate surface area is 129 Å². The van der Waals surface area contributed by atoms with Crippen LogP contribution in [-0.2, 0) is 4.74 Å². The average Bonchev–Trinajstić information content (AvgIpc) is 2.79. The van der Waals surface area contributed by atoms with Crippen molar-refractivity contribution in [3.63, 3.8) is 0 Å². The van der Waals surface area contributed by atoms with E-state index in [-0.39, 0.29) is 0 Å². The van der Waals surface area contributed by atoms with Crippen molar-refractivity contribution in [1.82, 2.24) is 14.9 Å². The zero-order valence-electron chi connectivity index (χ0n) is 10.8. The minimum atomic E-state index is 0.518. The summed E-state index contributed by atoms with van der Waals surface area (Å²) in [5, 5.41) is 0.518. The second kappa shape index (κ2) is 6.21. The molecule has 0 aromatic carbocycles. The largest absolute Gasteiger partial charge is 0.475 e. The highest BCUT2D eigenvalue weighted by Gasteiger charge is 2.12. The Morgan fingerprint density at radius 2 is 2.20 bits per heavy atom. The fourth-order valence-electron chi connectivity index (χ4n) is 2.04. The quantitative estimate of drug-likeness (QED) is 0.897. The molecule has 0 saturated carbocycles. The molecule has 0 spiro atoms. The first-order chi connectivity index (χ1) is 9.72. The van der Waals surface area contributed by atoms with Gasteiger partial charge in [0.05, 0.1) is 17.7 Å². The number of nitrogens with zero attached hydrogens (tertiary/aromatic N) is 3. The highest BCUT2D eigenvalue weighted by Crippen LogP contribution is 2.30. The number of anilines is 1. The Balaban J connectivity index is 1.62. The van der Waals surface area contributed by atoms with Gasteiger partial charge in [0.15, 0.2) is 5.13 Å². The van der Waals surface area contributed by atoms with Crippen LogP contribution in [0.25, 0.3) is 10.3 Å². The molecule has 0 bridgehead atoms. The molecule has 3 rings (SSSR count). The van der Waals surface area contributed by atoms with Crippen molar-refractivity contribution in [3.05, 3.63) is 10.5 Å². The lowest BCUT2D eigenvalue weighted by molar-refractivity contribution is 0.0320. The predicted octanol–water partition coefficient (Wildman–Crippen LogP) is 1.75. The maximum absolute atomic E-state index is 5.75. The third kappa shape index (κ3) is 3.20. The molecule has 0 radical (unpaired) electrons. The van der Waals surface area contributed by atoms with E-state index in [0.717, 1.165) is 47.7 Å². The predicted molar refractivity (Wildman–Crippen MR) is 82.3 cm³/mol. The van der Waals surface area contributed by atoms with Gasteiger partial charge < -0.3 is 15.2 Å². The summed E-state index contributed by atoms with van der Waals surface area (Å²) in [7, 11) is 0. The van der Waals surface area contributed by atoms with Gasteiger partial charge in [-0.2, -0.15) is 4.98 Å². The van der Waals surface area contributed by atoms with Crippen LogP contribution < -0.4 is 10.5 Å². The van der Waals surface area contributed by atoms with Gasteiger partial charge in [-0.05, 0) is 22.0 Å². The molecule has 1 fully saturated rings. The standard InChI is InChI=1S/C12H15BrN4O2S/c13-8-7-9-11(20-12(14)15-9)16-10(8)19-6-3-17-1-4-18-5-2-17/h7H,1-6H2,(H2,14,15). The Morgan fingerprint density at radius 1 is 1.40 bits per heavy atom. The van der Waals surface area contributed by atoms with Crippen molar-refractivity contribution in [3.8, 4) is 5.88 Å². The lowest BCUT2D eigenvalue weighted by atomic mass is 10.4. The summed E-state index contributed by atoms with van der Waals surface area (Å²) in [5.41, 5.74) is 6.47. The number of fused-ring (bicyclic) bond motifs is 1. The number of nitrogen functional groups attached to an aromatic ring is 1. The van der Waals surface area contributed by atoms with Gasteiger partial charge >= 0.3 is 0 Å². The van der Waals surface area contributed by atoms with Crippen LogP contribution in [0, 0.1) is 0 Å². The minimum Gasteiger partial charge on any atom is -0.475 e. The Bertz CT molecular complexity index is 600. The number of aromatic nitrogens is 2. The number of pyridine rings is 1. The summed E-state index contributed by atoms with van der Waals surface area (Å²) >= 11 is 4.82. The van der Waals surface area contributed by atoms with Crippen molar-refractivity contribution < 1.29 is 9.47 Å². The van der Waals surface area contributed by atoms with Gasteiger partial charge in [0.25, 0.3) is 0 Å². The van der Waals surface area contributed by atoms with Gasteiger partial charge in [-0.25, -0.2) is 4.98 Å². The molecule has 20 heavy (non-hydrogen) atoms. The molecule has 0 amide bonds. The number of nitrogens with two attached hydrogens (primary N) is 1. The molecule has 2 aromatic rings. The molecule has 8 heteroatoms. The Kier molecular flexibility index (Phi) is 4.35.